The van der Waals surface area contributed by atoms with E-state index in [-0.39, 0.29) is 23.8 Å². The van der Waals surface area contributed by atoms with Gasteiger partial charge < -0.3 is 15.0 Å². The van der Waals surface area contributed by atoms with E-state index in [1.807, 2.05) is 4.90 Å². The van der Waals surface area contributed by atoms with Gasteiger partial charge in [0.15, 0.2) is 0 Å². The van der Waals surface area contributed by atoms with Crippen LogP contribution in [0.5, 0.6) is 0 Å². The maximum absolute atomic E-state index is 12.9. The zero-order chi connectivity index (χ0) is 16.0. The van der Waals surface area contributed by atoms with Crippen LogP contribution in [0.3, 0.4) is 0 Å². The van der Waals surface area contributed by atoms with Crippen molar-refractivity contribution in [3.05, 3.63) is 16.0 Å². The van der Waals surface area contributed by atoms with Crippen molar-refractivity contribution in [2.24, 2.45) is 5.92 Å². The second-order valence-corrected chi connectivity index (χ2v) is 7.85. The monoisotopic (exact) mass is 334 g/mol. The van der Waals surface area contributed by atoms with E-state index in [9.17, 15) is 9.59 Å². The molecule has 23 heavy (non-hydrogen) atoms. The second-order valence-electron chi connectivity index (χ2n) is 6.75. The highest BCUT2D eigenvalue weighted by Crippen LogP contribution is 2.40. The van der Waals surface area contributed by atoms with Crippen LogP contribution in [0.2, 0.25) is 0 Å². The number of hydrogen-bond donors (Lipinski definition) is 1. The fraction of sp³-hybridized carbons (Fsp3) is 0.647. The number of anilines is 1. The molecule has 1 saturated heterocycles. The first kappa shape index (κ1) is 15.1. The van der Waals surface area contributed by atoms with Crippen molar-refractivity contribution in [3.8, 4) is 0 Å². The SMILES string of the molecule is COC1CN(C(=O)c2c(NC(=O)C3CC3)sc3c2CCCC3)C1. The maximum atomic E-state index is 12.9. The van der Waals surface area contributed by atoms with Crippen LogP contribution in [0.15, 0.2) is 0 Å². The maximum Gasteiger partial charge on any atom is 0.257 e. The zero-order valence-corrected chi connectivity index (χ0v) is 14.2. The highest BCUT2D eigenvalue weighted by molar-refractivity contribution is 7.17. The number of hydrogen-bond acceptors (Lipinski definition) is 4. The van der Waals surface area contributed by atoms with Gasteiger partial charge >= 0.3 is 0 Å². The summed E-state index contributed by atoms with van der Waals surface area (Å²) < 4.78 is 5.27. The lowest BCUT2D eigenvalue weighted by molar-refractivity contribution is -0.117. The first-order valence-electron chi connectivity index (χ1n) is 8.45. The number of ether oxygens (including phenoxy) is 1. The quantitative estimate of drug-likeness (QED) is 0.920. The minimum absolute atomic E-state index is 0.0591. The molecule has 2 fully saturated rings. The molecule has 3 aliphatic rings. The molecule has 5 nitrogen and oxygen atoms in total. The molecule has 6 heteroatoms. The number of nitrogens with one attached hydrogen (secondary N) is 1. The summed E-state index contributed by atoms with van der Waals surface area (Å²) in [5.41, 5.74) is 1.94. The number of fused-ring (bicyclic) bond motifs is 1. The predicted octanol–water partition coefficient (Wildman–Crippen LogP) is 2.45. The first-order valence-corrected chi connectivity index (χ1v) is 9.26. The van der Waals surface area contributed by atoms with Crippen molar-refractivity contribution in [2.75, 3.05) is 25.5 Å². The van der Waals surface area contributed by atoms with Gasteiger partial charge in [-0.2, -0.15) is 0 Å². The molecule has 1 aromatic heterocycles. The molecule has 0 spiro atoms. The molecule has 2 aliphatic carbocycles. The van der Waals surface area contributed by atoms with E-state index in [0.29, 0.717) is 13.1 Å². The lowest BCUT2D eigenvalue weighted by Gasteiger charge is -2.38. The Bertz CT molecular complexity index is 645. The summed E-state index contributed by atoms with van der Waals surface area (Å²) in [6.45, 7) is 1.30. The van der Waals surface area contributed by atoms with Crippen LogP contribution >= 0.6 is 11.3 Å². The first-order chi connectivity index (χ1) is 11.2. The Labute approximate surface area is 140 Å². The zero-order valence-electron chi connectivity index (χ0n) is 13.4. The molecule has 1 aromatic rings. The van der Waals surface area contributed by atoms with Crippen molar-refractivity contribution >= 4 is 28.2 Å². The molecule has 1 saturated carbocycles. The smallest absolute Gasteiger partial charge is 0.257 e. The number of amides is 2. The Morgan fingerprint density at radius 1 is 1.22 bits per heavy atom. The van der Waals surface area contributed by atoms with E-state index in [0.717, 1.165) is 42.7 Å². The van der Waals surface area contributed by atoms with Gasteiger partial charge in [0, 0.05) is 31.0 Å². The number of carbonyl (C=O) groups is 2. The molecule has 0 radical (unpaired) electrons. The third-order valence-corrected chi connectivity index (χ3v) is 6.25. The van der Waals surface area contributed by atoms with Crippen LogP contribution < -0.4 is 5.32 Å². The number of likely N-dealkylation sites (tertiary alicyclic amines) is 1. The lowest BCUT2D eigenvalue weighted by Crippen LogP contribution is -2.54. The summed E-state index contributed by atoms with van der Waals surface area (Å²) in [7, 11) is 1.68. The number of aryl methyl sites for hydroxylation is 1. The average Bonchev–Trinajstić information content (AvgIpc) is 3.28. The van der Waals surface area contributed by atoms with Crippen LogP contribution in [-0.4, -0.2) is 43.0 Å². The Kier molecular flexibility index (Phi) is 3.89. The van der Waals surface area contributed by atoms with E-state index in [4.69, 9.17) is 4.74 Å². The molecule has 0 aromatic carbocycles. The molecule has 0 unspecified atom stereocenters. The third-order valence-electron chi connectivity index (χ3n) is 5.04. The number of thiophene rings is 1. The second kappa shape index (κ2) is 5.91. The third kappa shape index (κ3) is 2.78. The van der Waals surface area contributed by atoms with Crippen LogP contribution in [0.4, 0.5) is 5.00 Å². The highest BCUT2D eigenvalue weighted by atomic mass is 32.1. The topological polar surface area (TPSA) is 58.6 Å². The van der Waals surface area contributed by atoms with Gasteiger partial charge in [0.05, 0.1) is 11.7 Å². The van der Waals surface area contributed by atoms with E-state index in [2.05, 4.69) is 5.32 Å². The van der Waals surface area contributed by atoms with Gasteiger partial charge in [-0.05, 0) is 44.1 Å². The van der Waals surface area contributed by atoms with Crippen LogP contribution in [-0.2, 0) is 22.4 Å². The van der Waals surface area contributed by atoms with Crippen molar-refractivity contribution in [2.45, 2.75) is 44.6 Å². The number of nitrogens with zero attached hydrogens (tertiary/aromatic N) is 1. The van der Waals surface area contributed by atoms with Gasteiger partial charge in [-0.3, -0.25) is 9.59 Å². The summed E-state index contributed by atoms with van der Waals surface area (Å²) >= 11 is 1.61. The normalized spacial score (nSPS) is 20.8. The minimum Gasteiger partial charge on any atom is -0.378 e. The van der Waals surface area contributed by atoms with Crippen LogP contribution in [0, 0.1) is 5.92 Å². The van der Waals surface area contributed by atoms with E-state index < -0.39 is 0 Å². The van der Waals surface area contributed by atoms with Crippen molar-refractivity contribution < 1.29 is 14.3 Å². The largest absolute Gasteiger partial charge is 0.378 e. The standard InChI is InChI=1S/C17H22N2O3S/c1-22-11-8-19(9-11)17(21)14-12-4-2-3-5-13(12)23-16(14)18-15(20)10-6-7-10/h10-11H,2-9H2,1H3,(H,18,20). The molecule has 1 aliphatic heterocycles. The predicted molar refractivity (Wildman–Crippen MR) is 89.0 cm³/mol. The molecule has 0 bridgehead atoms. The summed E-state index contributed by atoms with van der Waals surface area (Å²) in [5, 5.41) is 3.82. The van der Waals surface area contributed by atoms with Crippen molar-refractivity contribution in [1.82, 2.24) is 4.90 Å². The fourth-order valence-electron chi connectivity index (χ4n) is 3.35. The molecule has 124 valence electrons. The van der Waals surface area contributed by atoms with E-state index in [1.165, 1.54) is 16.9 Å². The molecular formula is C17H22N2O3S. The number of rotatable bonds is 4. The number of carbonyl (C=O) groups excluding carboxylic acids is 2. The molecule has 2 amide bonds. The van der Waals surface area contributed by atoms with Crippen LogP contribution in [0.1, 0.15) is 46.5 Å². The summed E-state index contributed by atoms with van der Waals surface area (Å²) in [5.74, 6) is 0.291. The average molecular weight is 334 g/mol. The molecular weight excluding hydrogens is 312 g/mol. The lowest BCUT2D eigenvalue weighted by atomic mass is 9.94. The molecule has 4 rings (SSSR count). The van der Waals surface area contributed by atoms with Gasteiger partial charge in [0.25, 0.3) is 5.91 Å². The molecule has 0 atom stereocenters. The van der Waals surface area contributed by atoms with Crippen molar-refractivity contribution in [1.29, 1.82) is 0 Å². The van der Waals surface area contributed by atoms with Gasteiger partial charge in [-0.25, -0.2) is 0 Å². The van der Waals surface area contributed by atoms with Gasteiger partial charge in [-0.15, -0.1) is 11.3 Å². The molecule has 1 N–H and O–H groups in total. The highest BCUT2D eigenvalue weighted by Gasteiger charge is 2.37. The van der Waals surface area contributed by atoms with Crippen LogP contribution in [0.25, 0.3) is 0 Å². The van der Waals surface area contributed by atoms with Gasteiger partial charge in [0.1, 0.15) is 5.00 Å². The Hall–Kier alpha value is -1.40. The summed E-state index contributed by atoms with van der Waals surface area (Å²) in [4.78, 5) is 28.2. The molecule has 2 heterocycles. The Morgan fingerprint density at radius 3 is 2.65 bits per heavy atom. The van der Waals surface area contributed by atoms with Gasteiger partial charge in [-0.1, -0.05) is 0 Å². The Morgan fingerprint density at radius 2 is 1.96 bits per heavy atom. The minimum atomic E-state index is 0.0591. The summed E-state index contributed by atoms with van der Waals surface area (Å²) in [6, 6.07) is 0. The van der Waals surface area contributed by atoms with Crippen molar-refractivity contribution in [3.63, 3.8) is 0 Å². The van der Waals surface area contributed by atoms with E-state index >= 15 is 0 Å². The fourth-order valence-corrected chi connectivity index (χ4v) is 4.64. The Balaban J connectivity index is 1.61. The van der Waals surface area contributed by atoms with E-state index in [1.54, 1.807) is 18.4 Å². The number of methoxy groups -OCH3 is 1. The van der Waals surface area contributed by atoms with Gasteiger partial charge in [0.2, 0.25) is 5.91 Å². The summed E-state index contributed by atoms with van der Waals surface area (Å²) in [6.07, 6.45) is 6.38.